The predicted molar refractivity (Wildman–Crippen MR) is 120 cm³/mol. The molecule has 0 heterocycles. The molecule has 6 nitrogen and oxygen atoms in total. The van der Waals surface area contributed by atoms with Gasteiger partial charge in [0, 0.05) is 5.56 Å². The fraction of sp³-hybridized carbons (Fsp3) is 0.208. The molecule has 2 N–H and O–H groups in total. The molecule has 0 aliphatic rings. The first kappa shape index (κ1) is 22.5. The van der Waals surface area contributed by atoms with Gasteiger partial charge in [-0.15, -0.1) is 0 Å². The van der Waals surface area contributed by atoms with Crippen molar-refractivity contribution in [2.75, 3.05) is 7.11 Å². The van der Waals surface area contributed by atoms with Crippen LogP contribution in [0.15, 0.2) is 89.8 Å². The van der Waals surface area contributed by atoms with E-state index in [0.29, 0.717) is 5.75 Å². The molecule has 162 valence electrons. The Morgan fingerprint density at radius 1 is 0.903 bits per heavy atom. The summed E-state index contributed by atoms with van der Waals surface area (Å²) in [5.74, 6) is 0.238. The van der Waals surface area contributed by atoms with Gasteiger partial charge in [-0.25, -0.2) is 8.42 Å². The quantitative estimate of drug-likeness (QED) is 0.536. The third kappa shape index (κ3) is 5.93. The summed E-state index contributed by atoms with van der Waals surface area (Å²) >= 11 is 0. The van der Waals surface area contributed by atoms with Gasteiger partial charge in [-0.05, 0) is 37.1 Å². The molecule has 3 aromatic rings. The molecule has 0 radical (unpaired) electrons. The summed E-state index contributed by atoms with van der Waals surface area (Å²) in [6.45, 7) is 1.83. The van der Waals surface area contributed by atoms with Gasteiger partial charge in [-0.3, -0.25) is 4.79 Å². The second kappa shape index (κ2) is 10.2. The lowest BCUT2D eigenvalue weighted by Crippen LogP contribution is -2.48. The maximum atomic E-state index is 13.2. The summed E-state index contributed by atoms with van der Waals surface area (Å²) < 4.78 is 33.7. The predicted octanol–water partition coefficient (Wildman–Crippen LogP) is 3.46. The average Bonchev–Trinajstić information content (AvgIpc) is 2.79. The summed E-state index contributed by atoms with van der Waals surface area (Å²) in [6, 6.07) is 23.4. The Balaban J connectivity index is 1.84. The standard InChI is InChI=1S/C24H26N2O4S/c1-18(21-15-9-10-16-23(21)30-2)25-24(27)22(17-19-11-5-3-6-12-19)26-31(28,29)20-13-7-4-8-14-20/h3-16,18,22,26H,17H2,1-2H3,(H,25,27)/t18-,22+/m1/s1. The number of nitrogens with one attached hydrogen (secondary N) is 2. The average molecular weight is 439 g/mol. The third-order valence-electron chi connectivity index (χ3n) is 4.91. The van der Waals surface area contributed by atoms with E-state index < -0.39 is 22.0 Å². The van der Waals surface area contributed by atoms with Gasteiger partial charge in [0.15, 0.2) is 0 Å². The highest BCUT2D eigenvalue weighted by atomic mass is 32.2. The minimum atomic E-state index is -3.87. The zero-order valence-corrected chi connectivity index (χ0v) is 18.3. The second-order valence-electron chi connectivity index (χ2n) is 7.15. The van der Waals surface area contributed by atoms with Gasteiger partial charge in [-0.2, -0.15) is 4.72 Å². The molecule has 0 aliphatic carbocycles. The van der Waals surface area contributed by atoms with Crippen molar-refractivity contribution in [2.24, 2.45) is 0 Å². The Morgan fingerprint density at radius 3 is 2.13 bits per heavy atom. The van der Waals surface area contributed by atoms with Crippen molar-refractivity contribution in [1.82, 2.24) is 10.0 Å². The SMILES string of the molecule is COc1ccccc1[C@@H](C)NC(=O)[C@H](Cc1ccccc1)NS(=O)(=O)c1ccccc1. The van der Waals surface area contributed by atoms with Crippen LogP contribution in [0, 0.1) is 0 Å². The Morgan fingerprint density at radius 2 is 1.48 bits per heavy atom. The fourth-order valence-corrected chi connectivity index (χ4v) is 4.52. The molecule has 31 heavy (non-hydrogen) atoms. The number of hydrogen-bond donors (Lipinski definition) is 2. The molecule has 7 heteroatoms. The van der Waals surface area contributed by atoms with Gasteiger partial charge < -0.3 is 10.1 Å². The van der Waals surface area contributed by atoms with E-state index in [9.17, 15) is 13.2 Å². The lowest BCUT2D eigenvalue weighted by Gasteiger charge is -2.23. The number of carbonyl (C=O) groups excluding carboxylic acids is 1. The fourth-order valence-electron chi connectivity index (χ4n) is 3.31. The molecular weight excluding hydrogens is 412 g/mol. The summed E-state index contributed by atoms with van der Waals surface area (Å²) in [6.07, 6.45) is 0.220. The lowest BCUT2D eigenvalue weighted by molar-refractivity contribution is -0.123. The summed E-state index contributed by atoms with van der Waals surface area (Å²) in [5, 5.41) is 2.92. The van der Waals surface area contributed by atoms with Crippen molar-refractivity contribution in [3.05, 3.63) is 96.1 Å². The normalized spacial score (nSPS) is 13.2. The lowest BCUT2D eigenvalue weighted by atomic mass is 10.0. The zero-order valence-electron chi connectivity index (χ0n) is 17.5. The molecule has 2 atom stereocenters. The summed E-state index contributed by atoms with van der Waals surface area (Å²) in [5.41, 5.74) is 1.66. The molecule has 0 saturated carbocycles. The molecule has 0 spiro atoms. The van der Waals surface area contributed by atoms with Gasteiger partial charge in [0.1, 0.15) is 11.8 Å². The van der Waals surface area contributed by atoms with Crippen LogP contribution in [0.4, 0.5) is 0 Å². The van der Waals surface area contributed by atoms with Gasteiger partial charge in [-0.1, -0.05) is 66.7 Å². The number of para-hydroxylation sites is 1. The smallest absolute Gasteiger partial charge is 0.241 e. The van der Waals surface area contributed by atoms with Crippen LogP contribution >= 0.6 is 0 Å². The van der Waals surface area contributed by atoms with Crippen molar-refractivity contribution in [3.63, 3.8) is 0 Å². The van der Waals surface area contributed by atoms with Crippen LogP contribution in [0.5, 0.6) is 5.75 Å². The molecule has 1 amide bonds. The van der Waals surface area contributed by atoms with E-state index in [4.69, 9.17) is 4.74 Å². The third-order valence-corrected chi connectivity index (χ3v) is 6.40. The van der Waals surface area contributed by atoms with E-state index in [1.165, 1.54) is 12.1 Å². The minimum Gasteiger partial charge on any atom is -0.496 e. The number of hydrogen-bond acceptors (Lipinski definition) is 4. The zero-order chi connectivity index (χ0) is 22.3. The molecule has 3 rings (SSSR count). The number of sulfonamides is 1. The molecule has 0 aliphatic heterocycles. The van der Waals surface area contributed by atoms with E-state index in [1.807, 2.05) is 61.5 Å². The highest BCUT2D eigenvalue weighted by Crippen LogP contribution is 2.24. The van der Waals surface area contributed by atoms with E-state index in [2.05, 4.69) is 10.0 Å². The van der Waals surface area contributed by atoms with Crippen molar-refractivity contribution >= 4 is 15.9 Å². The molecule has 3 aromatic carbocycles. The van der Waals surface area contributed by atoms with Crippen LogP contribution < -0.4 is 14.8 Å². The van der Waals surface area contributed by atoms with E-state index in [0.717, 1.165) is 11.1 Å². The van der Waals surface area contributed by atoms with Crippen molar-refractivity contribution in [1.29, 1.82) is 0 Å². The van der Waals surface area contributed by atoms with Crippen molar-refractivity contribution in [3.8, 4) is 5.75 Å². The van der Waals surface area contributed by atoms with E-state index in [-0.39, 0.29) is 17.4 Å². The van der Waals surface area contributed by atoms with Gasteiger partial charge in [0.25, 0.3) is 0 Å². The first-order valence-corrected chi connectivity index (χ1v) is 11.4. The Kier molecular flexibility index (Phi) is 7.44. The molecular formula is C24H26N2O4S. The number of amides is 1. The minimum absolute atomic E-state index is 0.110. The van der Waals surface area contributed by atoms with Crippen LogP contribution in [-0.2, 0) is 21.2 Å². The molecule has 0 aromatic heterocycles. The van der Waals surface area contributed by atoms with E-state index in [1.54, 1.807) is 25.3 Å². The first-order valence-electron chi connectivity index (χ1n) is 9.95. The molecule has 0 fully saturated rings. The van der Waals surface area contributed by atoms with Crippen molar-refractivity contribution in [2.45, 2.75) is 30.3 Å². The number of rotatable bonds is 9. The highest BCUT2D eigenvalue weighted by Gasteiger charge is 2.27. The Labute approximate surface area is 183 Å². The van der Waals surface area contributed by atoms with E-state index >= 15 is 0 Å². The van der Waals surface area contributed by atoms with Crippen LogP contribution in [0.1, 0.15) is 24.1 Å². The highest BCUT2D eigenvalue weighted by molar-refractivity contribution is 7.89. The number of benzene rings is 3. The van der Waals surface area contributed by atoms with Crippen LogP contribution in [0.3, 0.4) is 0 Å². The second-order valence-corrected chi connectivity index (χ2v) is 8.86. The molecule has 0 bridgehead atoms. The Bertz CT molecular complexity index is 1100. The first-order chi connectivity index (χ1) is 14.9. The van der Waals surface area contributed by atoms with Gasteiger partial charge in [0.05, 0.1) is 18.0 Å². The van der Waals surface area contributed by atoms with Crippen LogP contribution in [0.25, 0.3) is 0 Å². The van der Waals surface area contributed by atoms with Gasteiger partial charge in [0.2, 0.25) is 15.9 Å². The Hall–Kier alpha value is -3.16. The monoisotopic (exact) mass is 438 g/mol. The number of ether oxygens (including phenoxy) is 1. The maximum absolute atomic E-state index is 13.2. The number of methoxy groups -OCH3 is 1. The maximum Gasteiger partial charge on any atom is 0.241 e. The topological polar surface area (TPSA) is 84.5 Å². The van der Waals surface area contributed by atoms with Crippen LogP contribution in [-0.4, -0.2) is 27.5 Å². The molecule has 0 unspecified atom stereocenters. The molecule has 0 saturated heterocycles. The largest absolute Gasteiger partial charge is 0.496 e. The van der Waals surface area contributed by atoms with Crippen LogP contribution in [0.2, 0.25) is 0 Å². The van der Waals surface area contributed by atoms with Crippen molar-refractivity contribution < 1.29 is 17.9 Å². The summed E-state index contributed by atoms with van der Waals surface area (Å²) in [7, 11) is -2.30. The van der Waals surface area contributed by atoms with Gasteiger partial charge >= 0.3 is 0 Å². The summed E-state index contributed by atoms with van der Waals surface area (Å²) in [4.78, 5) is 13.3. The number of carbonyl (C=O) groups is 1.